The van der Waals surface area contributed by atoms with Crippen LogP contribution in [-0.4, -0.2) is 43.7 Å². The third-order valence-electron chi connectivity index (χ3n) is 3.96. The molecule has 7 nitrogen and oxygen atoms in total. The molecule has 8 heteroatoms. The van der Waals surface area contributed by atoms with Crippen molar-refractivity contribution >= 4 is 17.5 Å². The molecule has 3 rings (SSSR count). The van der Waals surface area contributed by atoms with E-state index in [0.717, 1.165) is 48.1 Å². The van der Waals surface area contributed by atoms with Gasteiger partial charge in [-0.3, -0.25) is 4.79 Å². The minimum absolute atomic E-state index is 0.0940. The quantitative estimate of drug-likeness (QED) is 0.851. The minimum atomic E-state index is -0.471. The van der Waals surface area contributed by atoms with Crippen molar-refractivity contribution in [3.63, 3.8) is 0 Å². The zero-order valence-corrected chi connectivity index (χ0v) is 13.4. The third-order valence-corrected chi connectivity index (χ3v) is 4.28. The first-order valence-electron chi connectivity index (χ1n) is 7.72. The summed E-state index contributed by atoms with van der Waals surface area (Å²) in [6.45, 7) is 1.39. The molecule has 0 N–H and O–H groups in total. The number of amides is 1. The second-order valence-corrected chi connectivity index (χ2v) is 5.98. The Balaban J connectivity index is 1.78. The molecule has 0 atom stereocenters. The summed E-state index contributed by atoms with van der Waals surface area (Å²) >= 11 is 6.07. The molecule has 1 amide bonds. The van der Waals surface area contributed by atoms with E-state index in [1.54, 1.807) is 29.2 Å². The number of carbonyl (C=O) groups excluding carboxylic acids is 1. The van der Waals surface area contributed by atoms with Gasteiger partial charge in [-0.25, -0.2) is 4.79 Å². The minimum Gasteiger partial charge on any atom is -0.341 e. The largest absolute Gasteiger partial charge is 0.369 e. The molecule has 0 radical (unpaired) electrons. The van der Waals surface area contributed by atoms with Gasteiger partial charge in [0, 0.05) is 13.1 Å². The summed E-state index contributed by atoms with van der Waals surface area (Å²) in [7, 11) is 0. The van der Waals surface area contributed by atoms with E-state index < -0.39 is 5.69 Å². The molecule has 0 spiro atoms. The predicted molar refractivity (Wildman–Crippen MR) is 85.7 cm³/mol. The van der Waals surface area contributed by atoms with Crippen LogP contribution in [0.4, 0.5) is 0 Å². The van der Waals surface area contributed by atoms with Crippen molar-refractivity contribution in [1.29, 1.82) is 0 Å². The van der Waals surface area contributed by atoms with Crippen LogP contribution in [0, 0.1) is 0 Å². The second kappa shape index (κ2) is 6.95. The SMILES string of the molecule is O=C(Cn1nnn(-c2ccccc2Cl)c1=O)N1CCCCCC1. The summed E-state index contributed by atoms with van der Waals surface area (Å²) in [5, 5.41) is 8.03. The van der Waals surface area contributed by atoms with Crippen molar-refractivity contribution in [3.8, 4) is 5.69 Å². The van der Waals surface area contributed by atoms with Crippen LogP contribution in [-0.2, 0) is 11.3 Å². The van der Waals surface area contributed by atoms with Crippen molar-refractivity contribution in [1.82, 2.24) is 24.7 Å². The maximum Gasteiger partial charge on any atom is 0.369 e. The maximum absolute atomic E-state index is 12.4. The van der Waals surface area contributed by atoms with Crippen LogP contribution in [0.1, 0.15) is 25.7 Å². The molecule has 0 aliphatic carbocycles. The summed E-state index contributed by atoms with van der Waals surface area (Å²) in [6.07, 6.45) is 4.30. The van der Waals surface area contributed by atoms with Crippen LogP contribution in [0.5, 0.6) is 0 Å². The van der Waals surface area contributed by atoms with Gasteiger partial charge in [-0.1, -0.05) is 36.6 Å². The molecule has 2 heterocycles. The number of benzene rings is 1. The van der Waals surface area contributed by atoms with E-state index in [9.17, 15) is 9.59 Å². The number of halogens is 1. The Morgan fingerprint density at radius 1 is 1.09 bits per heavy atom. The molecular weight excluding hydrogens is 318 g/mol. The lowest BCUT2D eigenvalue weighted by Gasteiger charge is -2.19. The van der Waals surface area contributed by atoms with E-state index in [1.807, 2.05) is 0 Å². The van der Waals surface area contributed by atoms with Crippen molar-refractivity contribution in [2.24, 2.45) is 0 Å². The Morgan fingerprint density at radius 2 is 1.78 bits per heavy atom. The summed E-state index contributed by atoms with van der Waals surface area (Å²) < 4.78 is 2.19. The van der Waals surface area contributed by atoms with Crippen molar-refractivity contribution in [2.45, 2.75) is 32.2 Å². The Kier molecular flexibility index (Phi) is 4.76. The van der Waals surface area contributed by atoms with Crippen LogP contribution < -0.4 is 5.69 Å². The highest BCUT2D eigenvalue weighted by molar-refractivity contribution is 6.32. The van der Waals surface area contributed by atoms with E-state index in [4.69, 9.17) is 11.6 Å². The number of para-hydroxylation sites is 1. The lowest BCUT2D eigenvalue weighted by Crippen LogP contribution is -2.37. The zero-order valence-electron chi connectivity index (χ0n) is 12.7. The highest BCUT2D eigenvalue weighted by Gasteiger charge is 2.19. The van der Waals surface area contributed by atoms with Gasteiger partial charge in [0.15, 0.2) is 0 Å². The summed E-state index contributed by atoms with van der Waals surface area (Å²) in [6, 6.07) is 6.88. The van der Waals surface area contributed by atoms with Gasteiger partial charge in [0.05, 0.1) is 10.7 Å². The van der Waals surface area contributed by atoms with Crippen LogP contribution in [0.15, 0.2) is 29.1 Å². The van der Waals surface area contributed by atoms with E-state index in [2.05, 4.69) is 10.4 Å². The van der Waals surface area contributed by atoms with E-state index >= 15 is 0 Å². The molecule has 122 valence electrons. The highest BCUT2D eigenvalue weighted by Crippen LogP contribution is 2.16. The second-order valence-electron chi connectivity index (χ2n) is 5.58. The Hall–Kier alpha value is -2.15. The van der Waals surface area contributed by atoms with Crippen LogP contribution in [0.2, 0.25) is 5.02 Å². The fourth-order valence-corrected chi connectivity index (χ4v) is 2.91. The monoisotopic (exact) mass is 335 g/mol. The number of tetrazole rings is 1. The molecule has 0 bridgehead atoms. The summed E-state index contributed by atoms with van der Waals surface area (Å²) in [4.78, 5) is 26.5. The summed E-state index contributed by atoms with van der Waals surface area (Å²) in [5.41, 5.74) is -0.0195. The van der Waals surface area contributed by atoms with Gasteiger partial charge in [0.25, 0.3) is 0 Å². The van der Waals surface area contributed by atoms with Gasteiger partial charge >= 0.3 is 5.69 Å². The maximum atomic E-state index is 12.4. The molecular formula is C15H18ClN5O2. The Labute approximate surface area is 138 Å². The molecule has 0 unspecified atom stereocenters. The molecule has 23 heavy (non-hydrogen) atoms. The van der Waals surface area contributed by atoms with Gasteiger partial charge in [-0.15, -0.1) is 0 Å². The van der Waals surface area contributed by atoms with Crippen molar-refractivity contribution < 1.29 is 4.79 Å². The topological polar surface area (TPSA) is 73.0 Å². The number of hydrogen-bond donors (Lipinski definition) is 0. The number of rotatable bonds is 3. The average Bonchev–Trinajstić information content (AvgIpc) is 2.78. The van der Waals surface area contributed by atoms with E-state index in [-0.39, 0.29) is 12.5 Å². The number of nitrogens with zero attached hydrogens (tertiary/aromatic N) is 5. The number of aromatic nitrogens is 4. The van der Waals surface area contributed by atoms with Crippen molar-refractivity contribution in [3.05, 3.63) is 39.8 Å². The molecule has 0 saturated carbocycles. The highest BCUT2D eigenvalue weighted by atomic mass is 35.5. The lowest BCUT2D eigenvalue weighted by molar-refractivity contribution is -0.132. The first-order chi connectivity index (χ1) is 11.2. The number of carbonyl (C=O) groups is 1. The van der Waals surface area contributed by atoms with E-state index in [1.165, 1.54) is 0 Å². The summed E-state index contributed by atoms with van der Waals surface area (Å²) in [5.74, 6) is -0.0970. The number of likely N-dealkylation sites (tertiary alicyclic amines) is 1. The Bertz CT molecular complexity index is 746. The van der Waals surface area contributed by atoms with Crippen molar-refractivity contribution in [2.75, 3.05) is 13.1 Å². The molecule has 2 aromatic rings. The molecule has 1 aromatic heterocycles. The van der Waals surface area contributed by atoms with Gasteiger partial charge in [-0.05, 0) is 35.4 Å². The zero-order chi connectivity index (χ0) is 16.2. The fraction of sp³-hybridized carbons (Fsp3) is 0.467. The average molecular weight is 336 g/mol. The molecule has 1 aromatic carbocycles. The van der Waals surface area contributed by atoms with E-state index in [0.29, 0.717) is 10.7 Å². The van der Waals surface area contributed by atoms with Gasteiger partial charge in [0.2, 0.25) is 5.91 Å². The smallest absolute Gasteiger partial charge is 0.341 e. The third kappa shape index (κ3) is 3.44. The van der Waals surface area contributed by atoms with Crippen LogP contribution >= 0.6 is 11.6 Å². The normalized spacial score (nSPS) is 15.4. The predicted octanol–water partition coefficient (Wildman–Crippen LogP) is 1.48. The first kappa shape index (κ1) is 15.7. The van der Waals surface area contributed by atoms with Crippen LogP contribution in [0.25, 0.3) is 5.69 Å². The first-order valence-corrected chi connectivity index (χ1v) is 8.10. The number of hydrogen-bond acceptors (Lipinski definition) is 4. The lowest BCUT2D eigenvalue weighted by atomic mass is 10.2. The van der Waals surface area contributed by atoms with Crippen LogP contribution in [0.3, 0.4) is 0 Å². The standard InChI is InChI=1S/C15H18ClN5O2/c16-12-7-3-4-8-13(12)21-15(23)20(17-18-21)11-14(22)19-9-5-1-2-6-10-19/h3-4,7-8H,1-2,5-6,9-11H2. The molecule has 1 fully saturated rings. The fourth-order valence-electron chi connectivity index (χ4n) is 2.70. The molecule has 1 aliphatic heterocycles. The van der Waals surface area contributed by atoms with Gasteiger partial charge < -0.3 is 4.90 Å². The Morgan fingerprint density at radius 3 is 2.48 bits per heavy atom. The molecule has 1 saturated heterocycles. The van der Waals surface area contributed by atoms with Gasteiger partial charge in [-0.2, -0.15) is 9.36 Å². The van der Waals surface area contributed by atoms with Gasteiger partial charge in [0.1, 0.15) is 6.54 Å². The molecule has 1 aliphatic rings.